The third-order valence-electron chi connectivity index (χ3n) is 3.04. The maximum Gasteiger partial charge on any atom is 0.141 e. The monoisotopic (exact) mass is 351 g/mol. The highest BCUT2D eigenvalue weighted by molar-refractivity contribution is 9.10. The van der Waals surface area contributed by atoms with Crippen molar-refractivity contribution in [2.45, 2.75) is 43.4 Å². The smallest absolute Gasteiger partial charge is 0.141 e. The van der Waals surface area contributed by atoms with Gasteiger partial charge in [-0.05, 0) is 37.0 Å². The van der Waals surface area contributed by atoms with Crippen LogP contribution >= 0.6 is 27.7 Å². The van der Waals surface area contributed by atoms with Crippen LogP contribution in [-0.4, -0.2) is 9.97 Å². The van der Waals surface area contributed by atoms with Gasteiger partial charge in [-0.15, -0.1) is 0 Å². The predicted molar refractivity (Wildman–Crippen MR) is 88.3 cm³/mol. The van der Waals surface area contributed by atoms with Gasteiger partial charge in [-0.2, -0.15) is 0 Å². The zero-order chi connectivity index (χ0) is 14.9. The molecule has 0 aliphatic carbocycles. The molecule has 0 unspecified atom stereocenters. The lowest BCUT2D eigenvalue weighted by molar-refractivity contribution is 0.839. The molecule has 1 heterocycles. The number of aryl methyl sites for hydroxylation is 2. The molecule has 0 amide bonds. The van der Waals surface area contributed by atoms with E-state index < -0.39 is 0 Å². The van der Waals surface area contributed by atoms with Crippen LogP contribution in [0.15, 0.2) is 32.6 Å². The van der Waals surface area contributed by atoms with Crippen molar-refractivity contribution in [2.24, 2.45) is 0 Å². The van der Waals surface area contributed by atoms with Crippen LogP contribution < -0.4 is 5.73 Å². The molecule has 0 saturated heterocycles. The van der Waals surface area contributed by atoms with Gasteiger partial charge in [-0.1, -0.05) is 47.6 Å². The number of hydrogen-bond acceptors (Lipinski definition) is 4. The first-order valence-corrected chi connectivity index (χ1v) is 8.06. The van der Waals surface area contributed by atoms with Crippen LogP contribution in [0.5, 0.6) is 0 Å². The van der Waals surface area contributed by atoms with Crippen molar-refractivity contribution in [2.75, 3.05) is 5.73 Å². The van der Waals surface area contributed by atoms with Crippen molar-refractivity contribution >= 4 is 33.5 Å². The van der Waals surface area contributed by atoms with Gasteiger partial charge >= 0.3 is 0 Å². The largest absolute Gasteiger partial charge is 0.383 e. The SMILES string of the molecule is Cc1ncc(Sc2cc(Br)c(C)cc2C(C)C)c(N)n1. The van der Waals surface area contributed by atoms with Crippen molar-refractivity contribution in [1.29, 1.82) is 0 Å². The Bertz CT molecular complexity index is 641. The number of nitrogens with zero attached hydrogens (tertiary/aromatic N) is 2. The van der Waals surface area contributed by atoms with Crippen LogP contribution in [0.1, 0.15) is 36.7 Å². The Hall–Kier alpha value is -1.07. The van der Waals surface area contributed by atoms with Crippen molar-refractivity contribution in [3.8, 4) is 0 Å². The Labute approximate surface area is 132 Å². The molecule has 0 aliphatic rings. The maximum atomic E-state index is 5.98. The highest BCUT2D eigenvalue weighted by Gasteiger charge is 2.13. The Morgan fingerprint density at radius 3 is 2.50 bits per heavy atom. The zero-order valence-electron chi connectivity index (χ0n) is 12.1. The van der Waals surface area contributed by atoms with Crippen LogP contribution in [0.4, 0.5) is 5.82 Å². The second-order valence-electron chi connectivity index (χ2n) is 5.06. The topological polar surface area (TPSA) is 51.8 Å². The molecule has 0 aliphatic heterocycles. The molecule has 2 N–H and O–H groups in total. The summed E-state index contributed by atoms with van der Waals surface area (Å²) in [7, 11) is 0. The first kappa shape index (κ1) is 15.3. The summed E-state index contributed by atoms with van der Waals surface area (Å²) in [6, 6.07) is 4.37. The number of anilines is 1. The van der Waals surface area contributed by atoms with Gasteiger partial charge < -0.3 is 5.73 Å². The molecule has 0 radical (unpaired) electrons. The van der Waals surface area contributed by atoms with Crippen LogP contribution in [0.3, 0.4) is 0 Å². The summed E-state index contributed by atoms with van der Waals surface area (Å²) < 4.78 is 1.11. The summed E-state index contributed by atoms with van der Waals surface area (Å²) in [5, 5.41) is 0. The van der Waals surface area contributed by atoms with E-state index in [0.29, 0.717) is 17.6 Å². The summed E-state index contributed by atoms with van der Waals surface area (Å²) in [4.78, 5) is 10.5. The van der Waals surface area contributed by atoms with E-state index in [-0.39, 0.29) is 0 Å². The number of hydrogen-bond donors (Lipinski definition) is 1. The van der Waals surface area contributed by atoms with E-state index in [1.54, 1.807) is 18.0 Å². The molecule has 5 heteroatoms. The van der Waals surface area contributed by atoms with Crippen LogP contribution in [0.2, 0.25) is 0 Å². The predicted octanol–water partition coefficient (Wildman–Crippen LogP) is 4.71. The average molecular weight is 352 g/mol. The molecule has 0 bridgehead atoms. The van der Waals surface area contributed by atoms with Crippen molar-refractivity contribution in [3.63, 3.8) is 0 Å². The quantitative estimate of drug-likeness (QED) is 0.869. The molecule has 0 fully saturated rings. The number of nitrogens with two attached hydrogens (primary N) is 1. The second kappa shape index (κ2) is 6.14. The van der Waals surface area contributed by atoms with Crippen molar-refractivity contribution in [1.82, 2.24) is 9.97 Å². The molecule has 1 aromatic carbocycles. The number of rotatable bonds is 3. The fourth-order valence-corrected chi connectivity index (χ4v) is 3.48. The van der Waals surface area contributed by atoms with E-state index in [4.69, 9.17) is 5.73 Å². The lowest BCUT2D eigenvalue weighted by Crippen LogP contribution is -1.98. The minimum Gasteiger partial charge on any atom is -0.383 e. The van der Waals surface area contributed by atoms with Gasteiger partial charge in [0, 0.05) is 15.6 Å². The van der Waals surface area contributed by atoms with Gasteiger partial charge in [-0.3, -0.25) is 0 Å². The molecule has 20 heavy (non-hydrogen) atoms. The first-order chi connectivity index (χ1) is 9.38. The summed E-state index contributed by atoms with van der Waals surface area (Å²) in [5.41, 5.74) is 8.54. The van der Waals surface area contributed by atoms with E-state index in [0.717, 1.165) is 9.37 Å². The Morgan fingerprint density at radius 2 is 1.90 bits per heavy atom. The number of benzene rings is 1. The zero-order valence-corrected chi connectivity index (χ0v) is 14.5. The van der Waals surface area contributed by atoms with Crippen LogP contribution in [-0.2, 0) is 0 Å². The maximum absolute atomic E-state index is 5.98. The molecule has 0 saturated carbocycles. The minimum atomic E-state index is 0.455. The Balaban J connectivity index is 2.44. The first-order valence-electron chi connectivity index (χ1n) is 6.45. The third kappa shape index (κ3) is 3.33. The van der Waals surface area contributed by atoms with Crippen molar-refractivity contribution < 1.29 is 0 Å². The molecule has 3 nitrogen and oxygen atoms in total. The molecular weight excluding hydrogens is 334 g/mol. The van der Waals surface area contributed by atoms with Crippen LogP contribution in [0.25, 0.3) is 0 Å². The van der Waals surface area contributed by atoms with E-state index >= 15 is 0 Å². The fourth-order valence-electron chi connectivity index (χ4n) is 1.90. The highest BCUT2D eigenvalue weighted by atomic mass is 79.9. The second-order valence-corrected chi connectivity index (χ2v) is 7.00. The minimum absolute atomic E-state index is 0.455. The standard InChI is InChI=1S/C15H18BrN3S/c1-8(2)11-5-9(3)12(16)6-13(11)20-14-7-18-10(4)19-15(14)17/h5-8H,1-4H3,(H2,17,18,19). The van der Waals surface area contributed by atoms with Gasteiger partial charge in [0.05, 0.1) is 4.90 Å². The molecule has 1 aromatic heterocycles. The van der Waals surface area contributed by atoms with E-state index in [1.165, 1.54) is 16.0 Å². The van der Waals surface area contributed by atoms with Gasteiger partial charge in [0.15, 0.2) is 0 Å². The third-order valence-corrected chi connectivity index (χ3v) is 5.00. The van der Waals surface area contributed by atoms with Gasteiger partial charge in [0.25, 0.3) is 0 Å². The van der Waals surface area contributed by atoms with Gasteiger partial charge in [0.2, 0.25) is 0 Å². The fraction of sp³-hybridized carbons (Fsp3) is 0.333. The summed E-state index contributed by atoms with van der Waals surface area (Å²) in [6.45, 7) is 8.34. The number of nitrogen functional groups attached to an aromatic ring is 1. The van der Waals surface area contributed by atoms with E-state index in [2.05, 4.69) is 58.8 Å². The molecule has 0 atom stereocenters. The normalized spacial score (nSPS) is 11.1. The van der Waals surface area contributed by atoms with Gasteiger partial charge in [0.1, 0.15) is 11.6 Å². The number of halogens is 1. The average Bonchev–Trinajstić information content (AvgIpc) is 2.36. The summed E-state index contributed by atoms with van der Waals surface area (Å²) in [5.74, 6) is 1.69. The van der Waals surface area contributed by atoms with Crippen LogP contribution in [0, 0.1) is 13.8 Å². The lowest BCUT2D eigenvalue weighted by Gasteiger charge is -2.15. The van der Waals surface area contributed by atoms with Gasteiger partial charge in [-0.25, -0.2) is 9.97 Å². The van der Waals surface area contributed by atoms with E-state index in [9.17, 15) is 0 Å². The van der Waals surface area contributed by atoms with E-state index in [1.807, 2.05) is 6.92 Å². The Kier molecular flexibility index (Phi) is 4.70. The summed E-state index contributed by atoms with van der Waals surface area (Å²) >= 11 is 5.22. The molecule has 2 aromatic rings. The van der Waals surface area contributed by atoms with Crippen molar-refractivity contribution in [3.05, 3.63) is 39.8 Å². The molecule has 0 spiro atoms. The molecule has 2 rings (SSSR count). The highest BCUT2D eigenvalue weighted by Crippen LogP contribution is 2.38. The molecular formula is C15H18BrN3S. The lowest BCUT2D eigenvalue weighted by atomic mass is 10.0. The summed E-state index contributed by atoms with van der Waals surface area (Å²) in [6.07, 6.45) is 1.79. The Morgan fingerprint density at radius 1 is 1.20 bits per heavy atom. The number of aromatic nitrogens is 2. The molecule has 106 valence electrons.